The second-order valence-corrected chi connectivity index (χ2v) is 6.07. The van der Waals surface area contributed by atoms with Crippen molar-refractivity contribution in [3.05, 3.63) is 28.2 Å². The number of hydrogen-bond donors (Lipinski definition) is 1. The first-order valence-electron chi connectivity index (χ1n) is 7.05. The first-order valence-corrected chi connectivity index (χ1v) is 7.84. The molecule has 1 fully saturated rings. The Balaban J connectivity index is 2.18. The number of hydrogen-bond acceptors (Lipinski definition) is 3. The van der Waals surface area contributed by atoms with Gasteiger partial charge < -0.3 is 15.1 Å². The van der Waals surface area contributed by atoms with Gasteiger partial charge in [-0.05, 0) is 31.2 Å². The third-order valence-corrected chi connectivity index (χ3v) is 4.19. The maximum atomic E-state index is 11.5. The summed E-state index contributed by atoms with van der Waals surface area (Å²) in [5.41, 5.74) is 2.56. The van der Waals surface area contributed by atoms with E-state index in [4.69, 9.17) is 0 Å². The molecule has 4 nitrogen and oxygen atoms in total. The molecule has 1 aliphatic rings. The van der Waals surface area contributed by atoms with Gasteiger partial charge in [0.2, 0.25) is 5.91 Å². The van der Waals surface area contributed by atoms with Crippen molar-refractivity contribution in [2.75, 3.05) is 38.1 Å². The lowest BCUT2D eigenvalue weighted by molar-refractivity contribution is -0.128. The molecule has 0 unspecified atom stereocenters. The standard InChI is InChI=1S/C15H22BrN3O/c1-12(20)18-6-3-7-19(9-8-18)15-10-14(16)5-4-13(15)11-17-2/h4-5,10,17H,3,6-9,11H2,1-2H3. The van der Waals surface area contributed by atoms with Crippen LogP contribution in [-0.2, 0) is 11.3 Å². The van der Waals surface area contributed by atoms with Crippen LogP contribution < -0.4 is 10.2 Å². The van der Waals surface area contributed by atoms with Crippen LogP contribution in [0.15, 0.2) is 22.7 Å². The van der Waals surface area contributed by atoms with Crippen LogP contribution >= 0.6 is 15.9 Å². The summed E-state index contributed by atoms with van der Waals surface area (Å²) >= 11 is 3.56. The number of carbonyl (C=O) groups is 1. The highest BCUT2D eigenvalue weighted by atomic mass is 79.9. The molecule has 0 aromatic heterocycles. The van der Waals surface area contributed by atoms with Crippen LogP contribution in [0.2, 0.25) is 0 Å². The zero-order valence-corrected chi connectivity index (χ0v) is 13.7. The Morgan fingerprint density at radius 3 is 2.80 bits per heavy atom. The molecule has 5 heteroatoms. The van der Waals surface area contributed by atoms with E-state index in [1.54, 1.807) is 6.92 Å². The molecule has 0 bridgehead atoms. The van der Waals surface area contributed by atoms with Crippen molar-refractivity contribution in [2.24, 2.45) is 0 Å². The average Bonchev–Trinajstić information content (AvgIpc) is 2.67. The average molecular weight is 340 g/mol. The molecule has 1 N–H and O–H groups in total. The van der Waals surface area contributed by atoms with Crippen LogP contribution in [0.1, 0.15) is 18.9 Å². The van der Waals surface area contributed by atoms with Gasteiger partial charge in [-0.15, -0.1) is 0 Å². The Morgan fingerprint density at radius 2 is 2.10 bits per heavy atom. The molecule has 2 rings (SSSR count). The van der Waals surface area contributed by atoms with E-state index < -0.39 is 0 Å². The van der Waals surface area contributed by atoms with Crippen molar-refractivity contribution >= 4 is 27.5 Å². The zero-order valence-electron chi connectivity index (χ0n) is 12.2. The summed E-state index contributed by atoms with van der Waals surface area (Å²) in [6.45, 7) is 6.07. The van der Waals surface area contributed by atoms with Gasteiger partial charge in [0.1, 0.15) is 0 Å². The van der Waals surface area contributed by atoms with E-state index in [0.717, 1.165) is 43.6 Å². The number of nitrogens with one attached hydrogen (secondary N) is 1. The summed E-state index contributed by atoms with van der Waals surface area (Å²) in [6, 6.07) is 6.41. The third kappa shape index (κ3) is 3.73. The quantitative estimate of drug-likeness (QED) is 0.917. The second-order valence-electron chi connectivity index (χ2n) is 5.15. The molecular weight excluding hydrogens is 318 g/mol. The van der Waals surface area contributed by atoms with Crippen molar-refractivity contribution < 1.29 is 4.79 Å². The number of rotatable bonds is 3. The van der Waals surface area contributed by atoms with Crippen LogP contribution in [0.25, 0.3) is 0 Å². The molecule has 1 aromatic carbocycles. The van der Waals surface area contributed by atoms with Gasteiger partial charge in [-0.25, -0.2) is 0 Å². The highest BCUT2D eigenvalue weighted by Gasteiger charge is 2.18. The maximum Gasteiger partial charge on any atom is 0.219 e. The highest BCUT2D eigenvalue weighted by Crippen LogP contribution is 2.26. The maximum absolute atomic E-state index is 11.5. The van der Waals surface area contributed by atoms with Crippen LogP contribution in [0.4, 0.5) is 5.69 Å². The van der Waals surface area contributed by atoms with Gasteiger partial charge in [0, 0.05) is 49.8 Å². The first kappa shape index (κ1) is 15.3. The van der Waals surface area contributed by atoms with E-state index in [1.165, 1.54) is 11.3 Å². The van der Waals surface area contributed by atoms with Gasteiger partial charge in [0.25, 0.3) is 0 Å². The molecule has 110 valence electrons. The minimum Gasteiger partial charge on any atom is -0.369 e. The molecule has 0 saturated carbocycles. The summed E-state index contributed by atoms with van der Waals surface area (Å²) in [4.78, 5) is 15.8. The predicted octanol–water partition coefficient (Wildman–Crippen LogP) is 2.23. The summed E-state index contributed by atoms with van der Waals surface area (Å²) in [6.07, 6.45) is 1.02. The SMILES string of the molecule is CNCc1ccc(Br)cc1N1CCCN(C(C)=O)CC1. The lowest BCUT2D eigenvalue weighted by Crippen LogP contribution is -2.34. The van der Waals surface area contributed by atoms with Crippen molar-refractivity contribution in [1.29, 1.82) is 0 Å². The number of carbonyl (C=O) groups excluding carboxylic acids is 1. The highest BCUT2D eigenvalue weighted by molar-refractivity contribution is 9.10. The normalized spacial score (nSPS) is 16.1. The molecule has 1 aromatic rings. The minimum absolute atomic E-state index is 0.177. The van der Waals surface area contributed by atoms with Gasteiger partial charge in [-0.1, -0.05) is 22.0 Å². The molecule has 1 amide bonds. The largest absolute Gasteiger partial charge is 0.369 e. The number of anilines is 1. The van der Waals surface area contributed by atoms with Crippen LogP contribution in [0, 0.1) is 0 Å². The lowest BCUT2D eigenvalue weighted by Gasteiger charge is -2.26. The van der Waals surface area contributed by atoms with E-state index in [9.17, 15) is 4.79 Å². The number of amides is 1. The summed E-state index contributed by atoms with van der Waals surface area (Å²) in [5, 5.41) is 3.22. The van der Waals surface area contributed by atoms with E-state index in [-0.39, 0.29) is 5.91 Å². The Labute approximate surface area is 129 Å². The number of nitrogens with zero attached hydrogens (tertiary/aromatic N) is 2. The van der Waals surface area contributed by atoms with Crippen molar-refractivity contribution in [1.82, 2.24) is 10.2 Å². The fourth-order valence-electron chi connectivity index (χ4n) is 2.64. The van der Waals surface area contributed by atoms with E-state index in [1.807, 2.05) is 11.9 Å². The molecule has 1 aliphatic heterocycles. The zero-order chi connectivity index (χ0) is 14.5. The van der Waals surface area contributed by atoms with Crippen LogP contribution in [0.3, 0.4) is 0 Å². The molecular formula is C15H22BrN3O. The van der Waals surface area contributed by atoms with Gasteiger partial charge in [-0.3, -0.25) is 4.79 Å². The fraction of sp³-hybridized carbons (Fsp3) is 0.533. The number of benzene rings is 1. The van der Waals surface area contributed by atoms with Gasteiger partial charge >= 0.3 is 0 Å². The Hall–Kier alpha value is -1.07. The topological polar surface area (TPSA) is 35.6 Å². The van der Waals surface area contributed by atoms with E-state index in [0.29, 0.717) is 0 Å². The Kier molecular flexibility index (Phi) is 5.43. The molecule has 0 atom stereocenters. The summed E-state index contributed by atoms with van der Waals surface area (Å²) in [5.74, 6) is 0.177. The monoisotopic (exact) mass is 339 g/mol. The van der Waals surface area contributed by atoms with Crippen LogP contribution in [-0.4, -0.2) is 44.0 Å². The minimum atomic E-state index is 0.177. The van der Waals surface area contributed by atoms with Crippen molar-refractivity contribution in [2.45, 2.75) is 19.9 Å². The van der Waals surface area contributed by atoms with Gasteiger partial charge in [0.05, 0.1) is 0 Å². The molecule has 0 radical (unpaired) electrons. The molecule has 1 saturated heterocycles. The molecule has 0 aliphatic carbocycles. The fourth-order valence-corrected chi connectivity index (χ4v) is 2.99. The van der Waals surface area contributed by atoms with Crippen LogP contribution in [0.5, 0.6) is 0 Å². The van der Waals surface area contributed by atoms with E-state index in [2.05, 4.69) is 44.3 Å². The van der Waals surface area contributed by atoms with Gasteiger partial charge in [-0.2, -0.15) is 0 Å². The Bertz CT molecular complexity index is 478. The molecule has 0 spiro atoms. The predicted molar refractivity (Wildman–Crippen MR) is 86.0 cm³/mol. The Morgan fingerprint density at radius 1 is 1.30 bits per heavy atom. The van der Waals surface area contributed by atoms with Crippen molar-refractivity contribution in [3.63, 3.8) is 0 Å². The summed E-state index contributed by atoms with van der Waals surface area (Å²) < 4.78 is 1.10. The third-order valence-electron chi connectivity index (χ3n) is 3.70. The van der Waals surface area contributed by atoms with Gasteiger partial charge in [0.15, 0.2) is 0 Å². The lowest BCUT2D eigenvalue weighted by atomic mass is 10.1. The van der Waals surface area contributed by atoms with E-state index >= 15 is 0 Å². The summed E-state index contributed by atoms with van der Waals surface area (Å²) in [7, 11) is 1.96. The molecule has 20 heavy (non-hydrogen) atoms. The number of halogens is 1. The molecule has 1 heterocycles. The second kappa shape index (κ2) is 7.09. The smallest absolute Gasteiger partial charge is 0.219 e. The van der Waals surface area contributed by atoms with Crippen molar-refractivity contribution in [3.8, 4) is 0 Å². The first-order chi connectivity index (χ1) is 9.61.